The first-order chi connectivity index (χ1) is 24.3. The molecule has 2 aromatic rings. The maximum absolute atomic E-state index is 14.9. The van der Waals surface area contributed by atoms with Crippen LogP contribution in [0.2, 0.25) is 0 Å². The lowest BCUT2D eigenvalue weighted by Crippen LogP contribution is -2.57. The van der Waals surface area contributed by atoms with Gasteiger partial charge in [0.25, 0.3) is 5.91 Å². The molecule has 4 amide bonds. The number of piperazine rings is 2. The molecular weight excluding hydrogens is 651 g/mol. The molecule has 3 aliphatic heterocycles. The summed E-state index contributed by atoms with van der Waals surface area (Å²) in [5.41, 5.74) is 11.9. The van der Waals surface area contributed by atoms with Crippen LogP contribution < -0.4 is 11.5 Å². The largest absolute Gasteiger partial charge is 0.366 e. The quantitative estimate of drug-likeness (QED) is 0.320. The van der Waals surface area contributed by atoms with Gasteiger partial charge in [0.2, 0.25) is 17.7 Å². The van der Waals surface area contributed by atoms with Crippen LogP contribution in [0.15, 0.2) is 42.5 Å². The molecule has 0 spiro atoms. The SMILES string of the molecule is CC.CC(C)(N)C(=O)N1CCN(CC2CCN(CC(=O)N3CCN(C(=O)c4cc(CC(=N)c5ccccc5C(N)=O)ccc4F)CC3)CC2)CC1. The minimum atomic E-state index is -0.846. The number of benzene rings is 2. The Hall–Kier alpha value is -4.20. The van der Waals surface area contributed by atoms with Crippen molar-refractivity contribution >= 4 is 29.3 Å². The van der Waals surface area contributed by atoms with Gasteiger partial charge in [-0.3, -0.25) is 29.0 Å². The van der Waals surface area contributed by atoms with Crippen LogP contribution >= 0.6 is 0 Å². The van der Waals surface area contributed by atoms with Gasteiger partial charge >= 0.3 is 0 Å². The van der Waals surface area contributed by atoms with Crippen molar-refractivity contribution < 1.29 is 23.6 Å². The summed E-state index contributed by atoms with van der Waals surface area (Å²) in [5.74, 6) is -1.14. The van der Waals surface area contributed by atoms with E-state index in [0.29, 0.717) is 62.9 Å². The molecule has 13 heteroatoms. The third-order valence-corrected chi connectivity index (χ3v) is 9.87. The number of piperidine rings is 1. The second-order valence-electron chi connectivity index (χ2n) is 14.1. The van der Waals surface area contributed by atoms with Crippen molar-refractivity contribution in [1.82, 2.24) is 24.5 Å². The van der Waals surface area contributed by atoms with Gasteiger partial charge in [-0.15, -0.1) is 0 Å². The molecule has 51 heavy (non-hydrogen) atoms. The van der Waals surface area contributed by atoms with E-state index < -0.39 is 23.2 Å². The first kappa shape index (κ1) is 39.6. The molecule has 5 N–H and O–H groups in total. The van der Waals surface area contributed by atoms with Crippen LogP contribution in [0.4, 0.5) is 4.39 Å². The number of nitrogens with two attached hydrogens (primary N) is 2. The van der Waals surface area contributed by atoms with E-state index in [9.17, 15) is 23.6 Å². The number of likely N-dealkylation sites (tertiary alicyclic amines) is 1. The summed E-state index contributed by atoms with van der Waals surface area (Å²) in [6, 6.07) is 10.8. The van der Waals surface area contributed by atoms with Crippen molar-refractivity contribution in [3.63, 3.8) is 0 Å². The molecule has 2 aromatic carbocycles. The second-order valence-corrected chi connectivity index (χ2v) is 14.1. The topological polar surface area (TPSA) is 160 Å². The maximum Gasteiger partial charge on any atom is 0.256 e. The molecule has 3 fully saturated rings. The van der Waals surface area contributed by atoms with Gasteiger partial charge in [-0.05, 0) is 69.5 Å². The van der Waals surface area contributed by atoms with Gasteiger partial charge in [-0.2, -0.15) is 0 Å². The predicted molar refractivity (Wildman–Crippen MR) is 196 cm³/mol. The van der Waals surface area contributed by atoms with Crippen molar-refractivity contribution in [2.75, 3.05) is 78.5 Å². The molecule has 0 saturated carbocycles. The normalized spacial score (nSPS) is 17.8. The van der Waals surface area contributed by atoms with Crippen LogP contribution in [-0.4, -0.2) is 138 Å². The summed E-state index contributed by atoms with van der Waals surface area (Å²) >= 11 is 0. The zero-order chi connectivity index (χ0) is 37.3. The number of rotatable bonds is 10. The highest BCUT2D eigenvalue weighted by Gasteiger charge is 2.32. The number of amides is 4. The minimum Gasteiger partial charge on any atom is -0.366 e. The van der Waals surface area contributed by atoms with E-state index in [2.05, 4.69) is 9.80 Å². The third-order valence-electron chi connectivity index (χ3n) is 9.87. The minimum absolute atomic E-state index is 0.00169. The molecule has 12 nitrogen and oxygen atoms in total. The van der Waals surface area contributed by atoms with Crippen LogP contribution in [0, 0.1) is 17.1 Å². The van der Waals surface area contributed by atoms with E-state index in [-0.39, 0.29) is 35.1 Å². The van der Waals surface area contributed by atoms with Crippen molar-refractivity contribution in [2.24, 2.45) is 17.4 Å². The van der Waals surface area contributed by atoms with Gasteiger partial charge in [0.1, 0.15) is 5.82 Å². The Morgan fingerprint density at radius 2 is 1.35 bits per heavy atom. The molecule has 0 bridgehead atoms. The molecule has 278 valence electrons. The summed E-state index contributed by atoms with van der Waals surface area (Å²) in [6.07, 6.45) is 2.13. The van der Waals surface area contributed by atoms with E-state index in [1.165, 1.54) is 18.2 Å². The Balaban J connectivity index is 0.00000286. The first-order valence-corrected chi connectivity index (χ1v) is 18.1. The molecule has 0 atom stereocenters. The number of halogens is 1. The van der Waals surface area contributed by atoms with Gasteiger partial charge in [-0.25, -0.2) is 4.39 Å². The number of primary amides is 1. The van der Waals surface area contributed by atoms with Gasteiger partial charge in [0, 0.05) is 82.2 Å². The summed E-state index contributed by atoms with van der Waals surface area (Å²) in [7, 11) is 0. The predicted octanol–water partition coefficient (Wildman–Crippen LogP) is 2.44. The maximum atomic E-state index is 14.9. The van der Waals surface area contributed by atoms with Crippen molar-refractivity contribution in [2.45, 2.75) is 52.5 Å². The number of hydrogen-bond donors (Lipinski definition) is 3. The molecule has 0 aromatic heterocycles. The fourth-order valence-electron chi connectivity index (χ4n) is 6.96. The zero-order valence-corrected chi connectivity index (χ0v) is 30.6. The van der Waals surface area contributed by atoms with E-state index in [4.69, 9.17) is 16.9 Å². The third kappa shape index (κ3) is 10.4. The summed E-state index contributed by atoms with van der Waals surface area (Å²) in [4.78, 5) is 60.7. The summed E-state index contributed by atoms with van der Waals surface area (Å²) in [5, 5.41) is 8.53. The van der Waals surface area contributed by atoms with Crippen molar-refractivity contribution in [1.29, 1.82) is 5.41 Å². The molecule has 0 unspecified atom stereocenters. The van der Waals surface area contributed by atoms with Crippen LogP contribution in [0.25, 0.3) is 0 Å². The average molecular weight is 707 g/mol. The Kier molecular flexibility index (Phi) is 13.8. The first-order valence-electron chi connectivity index (χ1n) is 18.1. The highest BCUT2D eigenvalue weighted by molar-refractivity contribution is 6.09. The van der Waals surface area contributed by atoms with Crippen LogP contribution in [-0.2, 0) is 16.0 Å². The summed E-state index contributed by atoms with van der Waals surface area (Å²) < 4.78 is 14.9. The lowest BCUT2D eigenvalue weighted by Gasteiger charge is -2.40. The van der Waals surface area contributed by atoms with Gasteiger partial charge in [0.05, 0.1) is 17.6 Å². The molecule has 5 rings (SSSR count). The van der Waals surface area contributed by atoms with Gasteiger partial charge in [0.15, 0.2) is 0 Å². The molecule has 3 saturated heterocycles. The fraction of sp³-hybridized carbons (Fsp3) is 0.553. The zero-order valence-electron chi connectivity index (χ0n) is 30.6. The molecule has 0 radical (unpaired) electrons. The highest BCUT2D eigenvalue weighted by Crippen LogP contribution is 2.21. The number of carbonyl (C=O) groups is 4. The second kappa shape index (κ2) is 17.8. The van der Waals surface area contributed by atoms with Crippen molar-refractivity contribution in [3.8, 4) is 0 Å². The van der Waals surface area contributed by atoms with E-state index in [0.717, 1.165) is 45.6 Å². The Labute approximate surface area is 301 Å². The Morgan fingerprint density at radius 3 is 1.94 bits per heavy atom. The fourth-order valence-corrected chi connectivity index (χ4v) is 6.96. The number of nitrogens with one attached hydrogen (secondary N) is 1. The van der Waals surface area contributed by atoms with Crippen molar-refractivity contribution in [3.05, 3.63) is 70.5 Å². The average Bonchev–Trinajstić information content (AvgIpc) is 3.13. The number of hydrogen-bond acceptors (Lipinski definition) is 8. The van der Waals surface area contributed by atoms with Crippen LogP contribution in [0.3, 0.4) is 0 Å². The van der Waals surface area contributed by atoms with E-state index >= 15 is 0 Å². The van der Waals surface area contributed by atoms with E-state index in [1.807, 2.05) is 18.7 Å². The molecule has 3 heterocycles. The number of nitrogens with zero attached hydrogens (tertiary/aromatic N) is 5. The lowest BCUT2D eigenvalue weighted by molar-refractivity contribution is -0.138. The summed E-state index contributed by atoms with van der Waals surface area (Å²) in [6.45, 7) is 15.0. The highest BCUT2D eigenvalue weighted by atomic mass is 19.1. The molecular formula is C38H55FN8O4. The van der Waals surface area contributed by atoms with Crippen LogP contribution in [0.1, 0.15) is 72.4 Å². The lowest BCUT2D eigenvalue weighted by atomic mass is 9.95. The van der Waals surface area contributed by atoms with Gasteiger partial charge < -0.3 is 31.6 Å². The van der Waals surface area contributed by atoms with Crippen LogP contribution in [0.5, 0.6) is 0 Å². The Bertz CT molecular complexity index is 1550. The molecule has 0 aliphatic carbocycles. The van der Waals surface area contributed by atoms with E-state index in [1.54, 1.807) is 47.9 Å². The standard InChI is InChI=1S/C36H49FN8O4.C2H6/c1-36(2,40)35(49)45-15-13-42(14-16-45)23-25-9-11-41(12-10-25)24-32(46)43-17-19-44(20-18-43)34(48)29-21-26(7-8-30(29)37)22-31(38)27-5-3-4-6-28(27)33(39)47;1-2/h3-8,21,25,38H,9-20,22-24,40H2,1-2H3,(H2,39,47);1-2H3. The van der Waals surface area contributed by atoms with Gasteiger partial charge in [-0.1, -0.05) is 38.1 Å². The molecule has 3 aliphatic rings. The Morgan fingerprint density at radius 1 is 0.784 bits per heavy atom. The smallest absolute Gasteiger partial charge is 0.256 e. The monoisotopic (exact) mass is 706 g/mol. The number of carbonyl (C=O) groups excluding carboxylic acids is 4.